The molecule has 1 heterocycles. The lowest BCUT2D eigenvalue weighted by Crippen LogP contribution is -2.25. The highest BCUT2D eigenvalue weighted by molar-refractivity contribution is 6.16. The molecule has 5 atom stereocenters. The number of benzene rings is 2. The Balaban J connectivity index is 1.26. The van der Waals surface area contributed by atoms with Crippen LogP contribution in [0.3, 0.4) is 0 Å². The monoisotopic (exact) mass is 512 g/mol. The largest absolute Gasteiger partial charge is 0.490 e. The minimum atomic E-state index is 0.110. The molecular weight excluding hydrogens is 472 g/mol. The topological polar surface area (TPSA) is 68.1 Å². The Kier molecular flexibility index (Phi) is 8.51. The molecule has 3 aliphatic rings. The molecule has 0 spiro atoms. The number of ether oxygens (including phenoxy) is 1. The van der Waals surface area contributed by atoms with Gasteiger partial charge >= 0.3 is 0 Å². The molecule has 1 fully saturated rings. The van der Waals surface area contributed by atoms with Crippen molar-refractivity contribution in [2.24, 2.45) is 27.7 Å². The van der Waals surface area contributed by atoms with E-state index < -0.39 is 0 Å². The van der Waals surface area contributed by atoms with Crippen LogP contribution in [-0.4, -0.2) is 42.7 Å². The molecular formula is C33H40N2O3. The van der Waals surface area contributed by atoms with Crippen LogP contribution in [0, 0.1) is 17.8 Å². The summed E-state index contributed by atoms with van der Waals surface area (Å²) in [5.41, 5.74) is 3.87. The summed E-state index contributed by atoms with van der Waals surface area (Å²) in [6, 6.07) is 14.2. The predicted octanol–water partition coefficient (Wildman–Crippen LogP) is 6.75. The first kappa shape index (κ1) is 26.5. The van der Waals surface area contributed by atoms with Gasteiger partial charge in [-0.25, -0.2) is 0 Å². The van der Waals surface area contributed by atoms with Crippen LogP contribution < -0.4 is 4.74 Å². The maximum absolute atomic E-state index is 13.7. The van der Waals surface area contributed by atoms with E-state index in [0.717, 1.165) is 79.5 Å². The molecule has 5 rings (SSSR count). The van der Waals surface area contributed by atoms with Crippen LogP contribution in [-0.2, 0) is 12.8 Å². The molecule has 38 heavy (non-hydrogen) atoms. The lowest BCUT2D eigenvalue weighted by atomic mass is 9.78. The quantitative estimate of drug-likeness (QED) is 0.304. The predicted molar refractivity (Wildman–Crippen MR) is 153 cm³/mol. The molecule has 5 nitrogen and oxygen atoms in total. The van der Waals surface area contributed by atoms with Gasteiger partial charge in [-0.15, -0.1) is 0 Å². The van der Waals surface area contributed by atoms with Crippen molar-refractivity contribution in [1.29, 1.82) is 0 Å². The Morgan fingerprint density at radius 1 is 0.974 bits per heavy atom. The average Bonchev–Trinajstić information content (AvgIpc) is 3.25. The third kappa shape index (κ3) is 6.14. The van der Waals surface area contributed by atoms with E-state index in [9.17, 15) is 9.59 Å². The van der Waals surface area contributed by atoms with E-state index in [1.807, 2.05) is 36.4 Å². The first-order chi connectivity index (χ1) is 18.5. The zero-order valence-corrected chi connectivity index (χ0v) is 22.8. The third-order valence-electron chi connectivity index (χ3n) is 8.85. The molecule has 200 valence electrons. The minimum absolute atomic E-state index is 0.110. The first-order valence-corrected chi connectivity index (χ1v) is 14.4. The first-order valence-electron chi connectivity index (χ1n) is 14.4. The van der Waals surface area contributed by atoms with Gasteiger partial charge in [0.15, 0.2) is 11.6 Å². The van der Waals surface area contributed by atoms with Crippen LogP contribution in [0.4, 0.5) is 0 Å². The number of nitrogens with zero attached hydrogens (tertiary/aromatic N) is 2. The van der Waals surface area contributed by atoms with E-state index in [-0.39, 0.29) is 23.7 Å². The van der Waals surface area contributed by atoms with Crippen molar-refractivity contribution in [2.45, 2.75) is 83.8 Å². The summed E-state index contributed by atoms with van der Waals surface area (Å²) in [7, 11) is 0. The van der Waals surface area contributed by atoms with E-state index in [1.54, 1.807) is 12.4 Å². The van der Waals surface area contributed by atoms with Crippen LogP contribution in [0.15, 0.2) is 52.4 Å². The number of carbonyl (C=O) groups is 2. The normalized spacial score (nSPS) is 27.3. The van der Waals surface area contributed by atoms with Gasteiger partial charge in [0.2, 0.25) is 0 Å². The van der Waals surface area contributed by atoms with E-state index in [1.165, 1.54) is 0 Å². The number of hydrogen-bond acceptors (Lipinski definition) is 5. The van der Waals surface area contributed by atoms with Gasteiger partial charge in [0.1, 0.15) is 5.75 Å². The minimum Gasteiger partial charge on any atom is -0.490 e. The molecule has 0 N–H and O–H groups in total. The van der Waals surface area contributed by atoms with Crippen molar-refractivity contribution in [1.82, 2.24) is 0 Å². The number of aliphatic imine (C=N–C) groups is 2. The van der Waals surface area contributed by atoms with E-state index in [0.29, 0.717) is 30.6 Å². The lowest BCUT2D eigenvalue weighted by Gasteiger charge is -2.28. The van der Waals surface area contributed by atoms with Gasteiger partial charge in [0.05, 0.1) is 12.1 Å². The van der Waals surface area contributed by atoms with Crippen LogP contribution in [0.2, 0.25) is 0 Å². The zero-order chi connectivity index (χ0) is 26.5. The van der Waals surface area contributed by atoms with Crippen molar-refractivity contribution < 1.29 is 14.3 Å². The number of hydrogen-bond donors (Lipinski definition) is 0. The zero-order valence-electron chi connectivity index (χ0n) is 22.8. The Hall–Kier alpha value is -3.08. The summed E-state index contributed by atoms with van der Waals surface area (Å²) >= 11 is 0. The summed E-state index contributed by atoms with van der Waals surface area (Å²) in [4.78, 5) is 35.0. The van der Waals surface area contributed by atoms with Gasteiger partial charge < -0.3 is 4.74 Å². The fourth-order valence-electron chi connectivity index (χ4n) is 6.66. The number of Topliss-reactive ketones (excluding diaryl/α,β-unsaturated/α-hetero) is 2. The highest BCUT2D eigenvalue weighted by Crippen LogP contribution is 2.39. The molecule has 0 radical (unpaired) electrons. The van der Waals surface area contributed by atoms with Crippen LogP contribution in [0.1, 0.15) is 90.6 Å². The highest BCUT2D eigenvalue weighted by atomic mass is 16.5. The van der Waals surface area contributed by atoms with Crippen molar-refractivity contribution in [3.8, 4) is 5.75 Å². The van der Waals surface area contributed by atoms with Gasteiger partial charge in [0, 0.05) is 48.5 Å². The molecule has 5 heteroatoms. The fraction of sp³-hybridized carbons (Fsp3) is 0.515. The molecule has 0 saturated heterocycles. The summed E-state index contributed by atoms with van der Waals surface area (Å²) < 4.78 is 6.59. The van der Waals surface area contributed by atoms with Crippen molar-refractivity contribution in [2.75, 3.05) is 6.54 Å². The second kappa shape index (κ2) is 12.2. The molecule has 1 aliphatic heterocycles. The third-order valence-corrected chi connectivity index (χ3v) is 8.85. The highest BCUT2D eigenvalue weighted by Gasteiger charge is 2.34. The molecule has 5 unspecified atom stereocenters. The van der Waals surface area contributed by atoms with Gasteiger partial charge in [-0.05, 0) is 74.3 Å². The molecule has 0 bridgehead atoms. The van der Waals surface area contributed by atoms with E-state index in [4.69, 9.17) is 4.74 Å². The Morgan fingerprint density at radius 2 is 1.84 bits per heavy atom. The maximum atomic E-state index is 13.7. The Bertz CT molecular complexity index is 1220. The molecule has 2 aromatic rings. The smallest absolute Gasteiger partial charge is 0.163 e. The van der Waals surface area contributed by atoms with Crippen molar-refractivity contribution in [3.63, 3.8) is 0 Å². The van der Waals surface area contributed by atoms with Gasteiger partial charge in [-0.1, -0.05) is 50.2 Å². The molecule has 1 saturated carbocycles. The number of ketones is 2. The van der Waals surface area contributed by atoms with Crippen molar-refractivity contribution in [3.05, 3.63) is 64.7 Å². The van der Waals surface area contributed by atoms with Crippen LogP contribution in [0.5, 0.6) is 5.75 Å². The lowest BCUT2D eigenvalue weighted by molar-refractivity contribution is 0.0910. The summed E-state index contributed by atoms with van der Waals surface area (Å²) in [6.45, 7) is 5.36. The maximum Gasteiger partial charge on any atom is 0.163 e. The van der Waals surface area contributed by atoms with Gasteiger partial charge in [-0.3, -0.25) is 19.6 Å². The van der Waals surface area contributed by atoms with E-state index >= 15 is 0 Å². The Morgan fingerprint density at radius 3 is 2.74 bits per heavy atom. The summed E-state index contributed by atoms with van der Waals surface area (Å²) in [5.74, 6) is 2.50. The number of carbonyl (C=O) groups excluding carboxylic acids is 2. The SMILES string of the molecule is CC1CCC(Oc2cccc3c2CCCC3=O)CC(C)C1CC(=O)c1ccccc1CC1CCN=CC=N1. The van der Waals surface area contributed by atoms with Crippen molar-refractivity contribution >= 4 is 24.0 Å². The number of fused-ring (bicyclic) bond motifs is 1. The summed E-state index contributed by atoms with van der Waals surface area (Å²) in [5, 5.41) is 0. The van der Waals surface area contributed by atoms with Gasteiger partial charge in [0.25, 0.3) is 0 Å². The molecule has 0 amide bonds. The number of rotatable bonds is 7. The molecule has 2 aliphatic carbocycles. The standard InChI is InChI=1S/C33H40N2O3/c1-22-13-14-26(38-33-12-6-9-28-29(33)10-5-11-31(28)36)19-23(2)30(22)21-32(37)27-8-4-3-7-24(27)20-25-15-16-34-17-18-35-25/h3-4,6-9,12,17-18,22-23,25-26,30H,5,10-11,13-16,19-21H2,1-2H3. The van der Waals surface area contributed by atoms with Crippen LogP contribution >= 0.6 is 0 Å². The van der Waals surface area contributed by atoms with Crippen LogP contribution in [0.25, 0.3) is 0 Å². The Labute approximate surface area is 226 Å². The average molecular weight is 513 g/mol. The molecule has 0 aromatic heterocycles. The fourth-order valence-corrected chi connectivity index (χ4v) is 6.66. The second-order valence-corrected chi connectivity index (χ2v) is 11.5. The van der Waals surface area contributed by atoms with Gasteiger partial charge in [-0.2, -0.15) is 0 Å². The van der Waals surface area contributed by atoms with E-state index in [2.05, 4.69) is 29.9 Å². The summed E-state index contributed by atoms with van der Waals surface area (Å²) in [6.07, 6.45) is 11.3. The molecule has 2 aromatic carbocycles. The second-order valence-electron chi connectivity index (χ2n) is 11.5.